The maximum atomic E-state index is 13.8. The van der Waals surface area contributed by atoms with Gasteiger partial charge in [0.1, 0.15) is 17.7 Å². The van der Waals surface area contributed by atoms with Gasteiger partial charge in [0.15, 0.2) is 0 Å². The Hall–Kier alpha value is -3.42. The van der Waals surface area contributed by atoms with E-state index in [9.17, 15) is 4.39 Å². The molecule has 0 amide bonds. The van der Waals surface area contributed by atoms with Gasteiger partial charge < -0.3 is 9.64 Å². The first-order valence-corrected chi connectivity index (χ1v) is 11.1. The number of halogens is 1. The molecule has 2 aromatic carbocycles. The Balaban J connectivity index is 1.43. The highest BCUT2D eigenvalue weighted by Crippen LogP contribution is 2.31. The summed E-state index contributed by atoms with van der Waals surface area (Å²) in [4.78, 5) is 18.4. The molecule has 6 nitrogen and oxygen atoms in total. The number of pyridine rings is 1. The molecule has 7 heteroatoms. The topological polar surface area (TPSA) is 54.4 Å². The second kappa shape index (κ2) is 9.21. The third kappa shape index (κ3) is 4.55. The largest absolute Gasteiger partial charge is 0.369 e. The van der Waals surface area contributed by atoms with Crippen LogP contribution in [-0.4, -0.2) is 53.6 Å². The molecule has 1 fully saturated rings. The molecular weight excluding hydrogens is 417 g/mol. The van der Waals surface area contributed by atoms with E-state index in [1.165, 1.54) is 17.7 Å². The van der Waals surface area contributed by atoms with Crippen LogP contribution in [0.2, 0.25) is 0 Å². The molecule has 1 saturated heterocycles. The van der Waals surface area contributed by atoms with Crippen LogP contribution in [0.5, 0.6) is 0 Å². The molecule has 0 radical (unpaired) electrons. The fourth-order valence-electron chi connectivity index (χ4n) is 4.35. The molecule has 0 saturated carbocycles. The number of ether oxygens (including phenoxy) is 1. The van der Waals surface area contributed by atoms with Crippen LogP contribution >= 0.6 is 0 Å². The molecule has 0 aliphatic carbocycles. The third-order valence-electron chi connectivity index (χ3n) is 5.88. The lowest BCUT2D eigenvalue weighted by atomic mass is 10.0. The third-order valence-corrected chi connectivity index (χ3v) is 5.88. The van der Waals surface area contributed by atoms with E-state index in [-0.39, 0.29) is 11.9 Å². The van der Waals surface area contributed by atoms with Crippen molar-refractivity contribution in [2.24, 2.45) is 0 Å². The van der Waals surface area contributed by atoms with E-state index < -0.39 is 0 Å². The second-order valence-corrected chi connectivity index (χ2v) is 8.45. The number of aromatic nitrogens is 3. The lowest BCUT2D eigenvalue weighted by Gasteiger charge is -2.33. The number of morpholine rings is 1. The van der Waals surface area contributed by atoms with Crippen LogP contribution in [-0.2, 0) is 11.3 Å². The number of hydrogen-bond donors (Lipinski definition) is 0. The fraction of sp³-hybridized carbons (Fsp3) is 0.269. The van der Waals surface area contributed by atoms with Crippen LogP contribution in [0.3, 0.4) is 0 Å². The molecule has 2 aromatic heterocycles. The summed E-state index contributed by atoms with van der Waals surface area (Å²) in [5, 5.41) is 1.13. The normalized spacial score (nSPS) is 16.8. The fourth-order valence-corrected chi connectivity index (χ4v) is 4.35. The molecule has 1 aliphatic heterocycles. The number of benzene rings is 2. The summed E-state index contributed by atoms with van der Waals surface area (Å²) in [6, 6.07) is 16.9. The van der Waals surface area contributed by atoms with Crippen LogP contribution in [0.1, 0.15) is 17.4 Å². The Morgan fingerprint density at radius 2 is 1.91 bits per heavy atom. The number of anilines is 1. The molecule has 5 rings (SSSR count). The highest BCUT2D eigenvalue weighted by atomic mass is 19.1. The molecule has 4 aromatic rings. The Bertz CT molecular complexity index is 1280. The molecule has 0 bridgehead atoms. The minimum atomic E-state index is -0.296. The van der Waals surface area contributed by atoms with Crippen molar-refractivity contribution in [3.05, 3.63) is 84.1 Å². The van der Waals surface area contributed by atoms with Gasteiger partial charge >= 0.3 is 0 Å². The van der Waals surface area contributed by atoms with Crippen LogP contribution < -0.4 is 4.90 Å². The molecule has 0 spiro atoms. The first-order valence-electron chi connectivity index (χ1n) is 11.1. The van der Waals surface area contributed by atoms with Crippen molar-refractivity contribution >= 4 is 16.7 Å². The van der Waals surface area contributed by atoms with E-state index >= 15 is 0 Å². The van der Waals surface area contributed by atoms with Crippen molar-refractivity contribution in [2.75, 3.05) is 38.7 Å². The van der Waals surface area contributed by atoms with Crippen LogP contribution in [0.15, 0.2) is 67.0 Å². The highest BCUT2D eigenvalue weighted by Gasteiger charge is 2.27. The molecule has 3 heterocycles. The molecule has 33 heavy (non-hydrogen) atoms. The summed E-state index contributed by atoms with van der Waals surface area (Å²) in [6.45, 7) is 2.81. The zero-order valence-corrected chi connectivity index (χ0v) is 18.8. The van der Waals surface area contributed by atoms with Crippen LogP contribution in [0.4, 0.5) is 10.2 Å². The van der Waals surface area contributed by atoms with Crippen LogP contribution in [0.25, 0.3) is 22.2 Å². The smallest absolute Gasteiger partial charge is 0.133 e. The van der Waals surface area contributed by atoms with Crippen molar-refractivity contribution in [2.45, 2.75) is 12.6 Å². The number of para-hydroxylation sites is 1. The Morgan fingerprint density at radius 3 is 2.76 bits per heavy atom. The number of fused-ring (bicyclic) bond motifs is 1. The number of nitrogens with zero attached hydrogens (tertiary/aromatic N) is 5. The number of hydrogen-bond acceptors (Lipinski definition) is 6. The maximum Gasteiger partial charge on any atom is 0.133 e. The highest BCUT2D eigenvalue weighted by molar-refractivity contribution is 5.81. The lowest BCUT2D eigenvalue weighted by molar-refractivity contribution is -0.0348. The standard InChI is InChI=1S/C26H26FN5O/c1-31(2)26-20(14-18-6-3-4-9-22(18)30-26)16-32-12-13-33-23(17-32)25-24(28-10-11-29-25)19-7-5-8-21(27)15-19/h3-11,14-15,23H,12-13,16-17H2,1-2H3. The van der Waals surface area contributed by atoms with Gasteiger partial charge in [-0.2, -0.15) is 0 Å². The zero-order chi connectivity index (χ0) is 22.8. The molecule has 1 atom stereocenters. The predicted octanol–water partition coefficient (Wildman–Crippen LogP) is 4.47. The van der Waals surface area contributed by atoms with Gasteiger partial charge in [0.05, 0.1) is 23.5 Å². The Labute approximate surface area is 192 Å². The molecule has 1 unspecified atom stereocenters. The Kier molecular flexibility index (Phi) is 5.98. The summed E-state index contributed by atoms with van der Waals surface area (Å²) in [6.07, 6.45) is 3.05. The van der Waals surface area contributed by atoms with Gasteiger partial charge in [-0.3, -0.25) is 14.9 Å². The average Bonchev–Trinajstić information content (AvgIpc) is 2.84. The number of rotatable bonds is 5. The average molecular weight is 444 g/mol. The minimum Gasteiger partial charge on any atom is -0.369 e. The van der Waals surface area contributed by atoms with Crippen molar-refractivity contribution in [3.63, 3.8) is 0 Å². The summed E-state index contributed by atoms with van der Waals surface area (Å²) in [7, 11) is 4.04. The summed E-state index contributed by atoms with van der Waals surface area (Å²) >= 11 is 0. The van der Waals surface area contributed by atoms with Crippen molar-refractivity contribution < 1.29 is 9.13 Å². The van der Waals surface area contributed by atoms with Gasteiger partial charge in [-0.25, -0.2) is 9.37 Å². The van der Waals surface area contributed by atoms with E-state index in [4.69, 9.17) is 9.72 Å². The molecule has 1 aliphatic rings. The van der Waals surface area contributed by atoms with Crippen molar-refractivity contribution in [3.8, 4) is 11.3 Å². The van der Waals surface area contributed by atoms with Gasteiger partial charge in [-0.05, 0) is 24.3 Å². The quantitative estimate of drug-likeness (QED) is 0.454. The second-order valence-electron chi connectivity index (χ2n) is 8.45. The summed E-state index contributed by atoms with van der Waals surface area (Å²) < 4.78 is 20.0. The monoisotopic (exact) mass is 443 g/mol. The van der Waals surface area contributed by atoms with Crippen molar-refractivity contribution in [1.29, 1.82) is 0 Å². The maximum absolute atomic E-state index is 13.8. The molecule has 0 N–H and O–H groups in total. The first kappa shape index (κ1) is 21.4. The zero-order valence-electron chi connectivity index (χ0n) is 18.8. The van der Waals surface area contributed by atoms with Gasteiger partial charge in [0, 0.05) is 62.6 Å². The Morgan fingerprint density at radius 1 is 1.06 bits per heavy atom. The van der Waals surface area contributed by atoms with Crippen molar-refractivity contribution in [1.82, 2.24) is 19.9 Å². The van der Waals surface area contributed by atoms with E-state index in [0.717, 1.165) is 35.5 Å². The van der Waals surface area contributed by atoms with Gasteiger partial charge in [0.2, 0.25) is 0 Å². The molecular formula is C26H26FN5O. The van der Waals surface area contributed by atoms with Gasteiger partial charge in [0.25, 0.3) is 0 Å². The summed E-state index contributed by atoms with van der Waals surface area (Å²) in [5.41, 5.74) is 4.25. The summed E-state index contributed by atoms with van der Waals surface area (Å²) in [5.74, 6) is 0.673. The van der Waals surface area contributed by atoms with Gasteiger partial charge in [-0.15, -0.1) is 0 Å². The van der Waals surface area contributed by atoms with E-state index in [0.29, 0.717) is 24.4 Å². The lowest BCUT2D eigenvalue weighted by Crippen LogP contribution is -2.38. The minimum absolute atomic E-state index is 0.248. The first-order chi connectivity index (χ1) is 16.1. The van der Waals surface area contributed by atoms with E-state index in [1.807, 2.05) is 38.4 Å². The van der Waals surface area contributed by atoms with E-state index in [2.05, 4.69) is 31.9 Å². The van der Waals surface area contributed by atoms with Gasteiger partial charge in [-0.1, -0.05) is 30.3 Å². The SMILES string of the molecule is CN(C)c1nc2ccccc2cc1CN1CCOC(c2nccnc2-c2cccc(F)c2)C1. The predicted molar refractivity (Wildman–Crippen MR) is 127 cm³/mol. The van der Waals surface area contributed by atoms with Crippen LogP contribution in [0, 0.1) is 5.82 Å². The van der Waals surface area contributed by atoms with E-state index in [1.54, 1.807) is 18.5 Å². The molecule has 168 valence electrons.